The van der Waals surface area contributed by atoms with Crippen LogP contribution in [-0.2, 0) is 16.1 Å². The van der Waals surface area contributed by atoms with Crippen LogP contribution in [0.3, 0.4) is 0 Å². The maximum absolute atomic E-state index is 12.0. The third kappa shape index (κ3) is 2.65. The summed E-state index contributed by atoms with van der Waals surface area (Å²) in [5.74, 6) is -0.531. The molecule has 1 atom stereocenters. The van der Waals surface area contributed by atoms with E-state index >= 15 is 0 Å². The number of rotatable bonds is 3. The predicted molar refractivity (Wildman–Crippen MR) is 79.1 cm³/mol. The zero-order valence-corrected chi connectivity index (χ0v) is 11.4. The molecule has 1 fully saturated rings. The van der Waals surface area contributed by atoms with E-state index < -0.39 is 5.92 Å². The lowest BCUT2D eigenvalue weighted by Gasteiger charge is -2.10. The molecule has 1 saturated heterocycles. The second kappa shape index (κ2) is 5.40. The first-order valence-electron chi connectivity index (χ1n) is 6.84. The van der Waals surface area contributed by atoms with Gasteiger partial charge in [0, 0.05) is 24.7 Å². The molecule has 6 nitrogen and oxygen atoms in total. The Labute approximate surface area is 121 Å². The largest absolute Gasteiger partial charge is 0.383 e. The summed E-state index contributed by atoms with van der Waals surface area (Å²) in [5.41, 5.74) is 6.77. The van der Waals surface area contributed by atoms with Gasteiger partial charge >= 0.3 is 0 Å². The van der Waals surface area contributed by atoms with Crippen molar-refractivity contribution in [3.8, 4) is 0 Å². The molecule has 1 aromatic carbocycles. The first-order chi connectivity index (χ1) is 10.1. The number of nitrogens with zero attached hydrogens (tertiary/aromatic N) is 1. The summed E-state index contributed by atoms with van der Waals surface area (Å²) < 4.78 is 0. The lowest BCUT2D eigenvalue weighted by molar-refractivity contribution is -0.133. The van der Waals surface area contributed by atoms with E-state index in [4.69, 9.17) is 5.73 Å². The number of pyridine rings is 1. The minimum Gasteiger partial charge on any atom is -0.383 e. The van der Waals surface area contributed by atoms with Crippen molar-refractivity contribution in [2.24, 2.45) is 5.92 Å². The summed E-state index contributed by atoms with van der Waals surface area (Å²) in [6.07, 6.45) is 2.22. The summed E-state index contributed by atoms with van der Waals surface area (Å²) in [6.45, 7) is 0.933. The topological polar surface area (TPSA) is 97.1 Å². The van der Waals surface area contributed by atoms with Gasteiger partial charge in [-0.25, -0.2) is 4.98 Å². The van der Waals surface area contributed by atoms with Gasteiger partial charge in [-0.05, 0) is 29.5 Å². The van der Waals surface area contributed by atoms with Crippen molar-refractivity contribution in [1.82, 2.24) is 15.6 Å². The van der Waals surface area contributed by atoms with Crippen LogP contribution in [0.15, 0.2) is 30.5 Å². The Morgan fingerprint density at radius 1 is 1.43 bits per heavy atom. The summed E-state index contributed by atoms with van der Waals surface area (Å²) >= 11 is 0. The fourth-order valence-electron chi connectivity index (χ4n) is 2.50. The second-order valence-electron chi connectivity index (χ2n) is 5.10. The third-order valence-electron chi connectivity index (χ3n) is 3.69. The molecular formula is C15H16N4O2. The van der Waals surface area contributed by atoms with E-state index in [-0.39, 0.29) is 11.8 Å². The van der Waals surface area contributed by atoms with E-state index in [0.29, 0.717) is 25.3 Å². The first kappa shape index (κ1) is 13.4. The van der Waals surface area contributed by atoms with Crippen LogP contribution in [0.5, 0.6) is 0 Å². The highest BCUT2D eigenvalue weighted by molar-refractivity contribution is 6.01. The molecule has 2 amide bonds. The van der Waals surface area contributed by atoms with Gasteiger partial charge in [0.2, 0.25) is 11.8 Å². The number of carbonyl (C=O) groups is 2. The van der Waals surface area contributed by atoms with Gasteiger partial charge in [0.1, 0.15) is 11.7 Å². The number of benzene rings is 1. The maximum Gasteiger partial charge on any atom is 0.232 e. The number of aromatic nitrogens is 1. The average molecular weight is 284 g/mol. The molecule has 3 rings (SSSR count). The van der Waals surface area contributed by atoms with Crippen molar-refractivity contribution >= 4 is 28.4 Å². The molecule has 21 heavy (non-hydrogen) atoms. The lowest BCUT2D eigenvalue weighted by atomic mass is 10.1. The molecule has 2 heterocycles. The maximum atomic E-state index is 12.0. The van der Waals surface area contributed by atoms with Crippen LogP contribution in [-0.4, -0.2) is 23.3 Å². The number of nitrogens with two attached hydrogens (primary N) is 1. The summed E-state index contributed by atoms with van der Waals surface area (Å²) in [7, 11) is 0. The standard InChI is InChI=1S/C15H16N4O2/c16-13-12-7-9(1-2-10(12)3-5-17-13)8-19-15(21)11-4-6-18-14(11)20/h1-3,5,7,11H,4,6,8H2,(H2,16,17)(H,18,20)(H,19,21)/t11-/m0/s1. The van der Waals surface area contributed by atoms with E-state index in [2.05, 4.69) is 15.6 Å². The fourth-order valence-corrected chi connectivity index (χ4v) is 2.50. The molecule has 0 radical (unpaired) electrons. The van der Waals surface area contributed by atoms with E-state index in [0.717, 1.165) is 16.3 Å². The van der Waals surface area contributed by atoms with E-state index in [9.17, 15) is 9.59 Å². The van der Waals surface area contributed by atoms with Gasteiger partial charge in [0.05, 0.1) is 0 Å². The normalized spacial score (nSPS) is 17.7. The molecule has 108 valence electrons. The number of hydrogen-bond acceptors (Lipinski definition) is 4. The Hall–Kier alpha value is -2.63. The lowest BCUT2D eigenvalue weighted by Crippen LogP contribution is -2.34. The number of fused-ring (bicyclic) bond motifs is 1. The molecular weight excluding hydrogens is 268 g/mol. The Morgan fingerprint density at radius 3 is 3.05 bits per heavy atom. The molecule has 6 heteroatoms. The van der Waals surface area contributed by atoms with Crippen LogP contribution in [0.1, 0.15) is 12.0 Å². The van der Waals surface area contributed by atoms with Crippen molar-refractivity contribution in [2.75, 3.05) is 12.3 Å². The number of hydrogen-bond donors (Lipinski definition) is 3. The molecule has 1 aromatic heterocycles. The van der Waals surface area contributed by atoms with Crippen LogP contribution in [0.4, 0.5) is 5.82 Å². The van der Waals surface area contributed by atoms with Gasteiger partial charge in [-0.1, -0.05) is 12.1 Å². The number of carbonyl (C=O) groups excluding carboxylic acids is 2. The smallest absolute Gasteiger partial charge is 0.232 e. The van der Waals surface area contributed by atoms with Crippen molar-refractivity contribution in [3.63, 3.8) is 0 Å². The minimum absolute atomic E-state index is 0.195. The zero-order chi connectivity index (χ0) is 14.8. The Morgan fingerprint density at radius 2 is 2.29 bits per heavy atom. The van der Waals surface area contributed by atoms with Crippen molar-refractivity contribution in [2.45, 2.75) is 13.0 Å². The molecule has 4 N–H and O–H groups in total. The Kier molecular flexibility index (Phi) is 3.43. The number of amides is 2. The highest BCUT2D eigenvalue weighted by Gasteiger charge is 2.30. The van der Waals surface area contributed by atoms with E-state index in [1.165, 1.54) is 0 Å². The molecule has 2 aromatic rings. The molecule has 0 saturated carbocycles. The predicted octanol–water partition coefficient (Wildman–Crippen LogP) is 0.569. The molecule has 0 aliphatic carbocycles. The number of nitrogens with one attached hydrogen (secondary N) is 2. The van der Waals surface area contributed by atoms with Gasteiger partial charge in [0.15, 0.2) is 0 Å². The number of nitrogen functional groups attached to an aromatic ring is 1. The van der Waals surface area contributed by atoms with E-state index in [1.54, 1.807) is 6.20 Å². The number of anilines is 1. The summed E-state index contributed by atoms with van der Waals surface area (Å²) in [4.78, 5) is 27.5. The molecule has 0 unspecified atom stereocenters. The molecule has 0 spiro atoms. The minimum atomic E-state index is -0.572. The monoisotopic (exact) mass is 284 g/mol. The van der Waals surface area contributed by atoms with E-state index in [1.807, 2.05) is 24.3 Å². The zero-order valence-electron chi connectivity index (χ0n) is 11.4. The van der Waals surface area contributed by atoms with Crippen LogP contribution in [0.2, 0.25) is 0 Å². The fraction of sp³-hybridized carbons (Fsp3) is 0.267. The van der Waals surface area contributed by atoms with Crippen molar-refractivity contribution in [1.29, 1.82) is 0 Å². The highest BCUT2D eigenvalue weighted by atomic mass is 16.2. The quantitative estimate of drug-likeness (QED) is 0.718. The third-order valence-corrected chi connectivity index (χ3v) is 3.69. The van der Waals surface area contributed by atoms with Gasteiger partial charge in [-0.3, -0.25) is 9.59 Å². The molecule has 1 aliphatic rings. The first-order valence-corrected chi connectivity index (χ1v) is 6.84. The second-order valence-corrected chi connectivity index (χ2v) is 5.10. The Balaban J connectivity index is 1.72. The Bertz CT molecular complexity index is 714. The summed E-state index contributed by atoms with van der Waals surface area (Å²) in [5, 5.41) is 7.32. The van der Waals surface area contributed by atoms with Gasteiger partial charge in [-0.2, -0.15) is 0 Å². The molecule has 0 bridgehead atoms. The van der Waals surface area contributed by atoms with Gasteiger partial charge in [0.25, 0.3) is 0 Å². The highest BCUT2D eigenvalue weighted by Crippen LogP contribution is 2.20. The van der Waals surface area contributed by atoms with Crippen molar-refractivity contribution < 1.29 is 9.59 Å². The van der Waals surface area contributed by atoms with Crippen LogP contribution >= 0.6 is 0 Å². The van der Waals surface area contributed by atoms with Crippen LogP contribution in [0, 0.1) is 5.92 Å². The molecule has 1 aliphatic heterocycles. The van der Waals surface area contributed by atoms with Gasteiger partial charge < -0.3 is 16.4 Å². The van der Waals surface area contributed by atoms with Crippen molar-refractivity contribution in [3.05, 3.63) is 36.0 Å². The average Bonchev–Trinajstić information content (AvgIpc) is 2.92. The van der Waals surface area contributed by atoms with Crippen LogP contribution < -0.4 is 16.4 Å². The SMILES string of the molecule is Nc1nccc2ccc(CNC(=O)[C@H]3CCNC3=O)cc12. The summed E-state index contributed by atoms with van der Waals surface area (Å²) in [6, 6.07) is 7.66. The van der Waals surface area contributed by atoms with Crippen LogP contribution in [0.25, 0.3) is 10.8 Å². The van der Waals surface area contributed by atoms with Gasteiger partial charge in [-0.15, -0.1) is 0 Å².